The van der Waals surface area contributed by atoms with Crippen LogP contribution in [0.25, 0.3) is 0 Å². The average molecular weight is 216 g/mol. The third kappa shape index (κ3) is 5.02. The predicted molar refractivity (Wildman–Crippen MR) is 54.5 cm³/mol. The normalized spacial score (nSPS) is 11.6. The van der Waals surface area contributed by atoms with Crippen LogP contribution in [0.15, 0.2) is 12.7 Å². The van der Waals surface area contributed by atoms with Crippen molar-refractivity contribution in [2.24, 2.45) is 0 Å². The summed E-state index contributed by atoms with van der Waals surface area (Å²) >= 11 is 0. The molecular weight excluding hydrogens is 200 g/mol. The molecule has 0 aliphatic heterocycles. The topological polar surface area (TPSA) is 89.9 Å². The van der Waals surface area contributed by atoms with Crippen LogP contribution in [0.3, 0.4) is 0 Å². The van der Waals surface area contributed by atoms with Gasteiger partial charge in [0.2, 0.25) is 0 Å². The number of likely N-dealkylation sites (N-methyl/N-ethyl adjacent to an activating group) is 1. The lowest BCUT2D eigenvalue weighted by Crippen LogP contribution is -2.47. The first-order chi connectivity index (χ1) is 7.02. The lowest BCUT2D eigenvalue weighted by molar-refractivity contribution is -0.139. The van der Waals surface area contributed by atoms with E-state index in [-0.39, 0.29) is 19.6 Å². The number of rotatable bonds is 6. The Morgan fingerprint density at radius 3 is 2.60 bits per heavy atom. The third-order valence-electron chi connectivity index (χ3n) is 1.78. The van der Waals surface area contributed by atoms with Crippen LogP contribution in [0.4, 0.5) is 4.79 Å². The summed E-state index contributed by atoms with van der Waals surface area (Å²) in [6.45, 7) is 3.40. The molecule has 0 heterocycles. The fourth-order valence-corrected chi connectivity index (χ4v) is 0.899. The highest BCUT2D eigenvalue weighted by atomic mass is 16.4. The number of aliphatic carboxylic acids is 1. The minimum Gasteiger partial charge on any atom is -0.480 e. The minimum atomic E-state index is -1.11. The van der Waals surface area contributed by atoms with Crippen LogP contribution in [0.5, 0.6) is 0 Å². The summed E-state index contributed by atoms with van der Waals surface area (Å²) in [5.41, 5.74) is 0. The number of aliphatic hydroxyl groups excluding tert-OH is 1. The van der Waals surface area contributed by atoms with Crippen molar-refractivity contribution in [2.75, 3.05) is 20.2 Å². The molecule has 6 nitrogen and oxygen atoms in total. The molecule has 15 heavy (non-hydrogen) atoms. The van der Waals surface area contributed by atoms with Gasteiger partial charge in [-0.15, -0.1) is 6.58 Å². The molecule has 3 N–H and O–H groups in total. The smallest absolute Gasteiger partial charge is 0.326 e. The maximum absolute atomic E-state index is 11.3. The zero-order valence-corrected chi connectivity index (χ0v) is 8.64. The molecule has 0 aromatic heterocycles. The Kier molecular flexibility index (Phi) is 6.12. The predicted octanol–water partition coefficient (Wildman–Crippen LogP) is -0.351. The molecule has 0 aromatic carbocycles. The summed E-state index contributed by atoms with van der Waals surface area (Å²) in [5, 5.41) is 19.6. The largest absolute Gasteiger partial charge is 0.480 e. The Labute approximate surface area is 88.2 Å². The van der Waals surface area contributed by atoms with Crippen LogP contribution >= 0.6 is 0 Å². The van der Waals surface area contributed by atoms with Crippen molar-refractivity contribution in [3.63, 3.8) is 0 Å². The molecule has 0 aromatic rings. The first kappa shape index (κ1) is 13.4. The summed E-state index contributed by atoms with van der Waals surface area (Å²) in [4.78, 5) is 23.2. The number of carboxylic acids is 1. The summed E-state index contributed by atoms with van der Waals surface area (Å²) in [6, 6.07) is -1.51. The van der Waals surface area contributed by atoms with E-state index in [4.69, 9.17) is 10.2 Å². The van der Waals surface area contributed by atoms with E-state index in [1.54, 1.807) is 0 Å². The standard InChI is InChI=1S/C9H16N2O4/c1-3-4-7(8(13)14)10-9(15)11(2)5-6-12/h3,7,12H,1,4-6H2,2H3,(H,10,15)(H,13,14). The van der Waals surface area contributed by atoms with Crippen LogP contribution in [-0.2, 0) is 4.79 Å². The lowest BCUT2D eigenvalue weighted by atomic mass is 10.2. The molecule has 1 atom stereocenters. The Balaban J connectivity index is 4.21. The Bertz CT molecular complexity index is 242. The van der Waals surface area contributed by atoms with Crippen LogP contribution < -0.4 is 5.32 Å². The highest BCUT2D eigenvalue weighted by Gasteiger charge is 2.19. The van der Waals surface area contributed by atoms with Gasteiger partial charge in [-0.3, -0.25) is 0 Å². The monoisotopic (exact) mass is 216 g/mol. The van der Waals surface area contributed by atoms with Crippen LogP contribution in [0.1, 0.15) is 6.42 Å². The summed E-state index contributed by atoms with van der Waals surface area (Å²) in [6.07, 6.45) is 1.58. The van der Waals surface area contributed by atoms with Crippen molar-refractivity contribution in [1.82, 2.24) is 10.2 Å². The van der Waals surface area contributed by atoms with Crippen molar-refractivity contribution in [3.8, 4) is 0 Å². The summed E-state index contributed by atoms with van der Waals surface area (Å²) in [5.74, 6) is -1.11. The molecule has 2 amide bonds. The molecular formula is C9H16N2O4. The van der Waals surface area contributed by atoms with E-state index in [0.29, 0.717) is 0 Å². The molecule has 0 saturated carbocycles. The fourth-order valence-electron chi connectivity index (χ4n) is 0.899. The number of nitrogens with zero attached hydrogens (tertiary/aromatic N) is 1. The van der Waals surface area contributed by atoms with Gasteiger partial charge in [0.25, 0.3) is 0 Å². The van der Waals surface area contributed by atoms with Gasteiger partial charge in [0.15, 0.2) is 0 Å². The molecule has 6 heteroatoms. The number of hydrogen-bond donors (Lipinski definition) is 3. The second-order valence-electron chi connectivity index (χ2n) is 3.01. The number of hydrogen-bond acceptors (Lipinski definition) is 3. The van der Waals surface area contributed by atoms with Gasteiger partial charge < -0.3 is 20.4 Å². The summed E-state index contributed by atoms with van der Waals surface area (Å²) in [7, 11) is 1.47. The number of aliphatic hydroxyl groups is 1. The van der Waals surface area contributed by atoms with Crippen molar-refractivity contribution in [1.29, 1.82) is 0 Å². The van der Waals surface area contributed by atoms with E-state index in [9.17, 15) is 9.59 Å². The Hall–Kier alpha value is -1.56. The van der Waals surface area contributed by atoms with Crippen molar-refractivity contribution >= 4 is 12.0 Å². The lowest BCUT2D eigenvalue weighted by Gasteiger charge is -2.19. The van der Waals surface area contributed by atoms with Crippen LogP contribution in [0.2, 0.25) is 0 Å². The van der Waals surface area contributed by atoms with E-state index in [2.05, 4.69) is 11.9 Å². The van der Waals surface area contributed by atoms with Crippen molar-refractivity contribution < 1.29 is 19.8 Å². The zero-order chi connectivity index (χ0) is 11.8. The first-order valence-electron chi connectivity index (χ1n) is 4.49. The van der Waals surface area contributed by atoms with E-state index >= 15 is 0 Å². The number of nitrogens with one attached hydrogen (secondary N) is 1. The quantitative estimate of drug-likeness (QED) is 0.529. The van der Waals surface area contributed by atoms with Gasteiger partial charge in [0.05, 0.1) is 6.61 Å². The van der Waals surface area contributed by atoms with Crippen LogP contribution in [-0.4, -0.2) is 53.4 Å². The Morgan fingerprint density at radius 2 is 2.20 bits per heavy atom. The van der Waals surface area contributed by atoms with Gasteiger partial charge >= 0.3 is 12.0 Å². The maximum Gasteiger partial charge on any atom is 0.326 e. The van der Waals surface area contributed by atoms with Gasteiger partial charge in [0.1, 0.15) is 6.04 Å². The molecule has 0 radical (unpaired) electrons. The molecule has 0 saturated heterocycles. The third-order valence-corrected chi connectivity index (χ3v) is 1.78. The van der Waals surface area contributed by atoms with E-state index < -0.39 is 18.0 Å². The molecule has 0 rings (SSSR count). The molecule has 1 unspecified atom stereocenters. The van der Waals surface area contributed by atoms with Crippen LogP contribution in [0, 0.1) is 0 Å². The summed E-state index contributed by atoms with van der Waals surface area (Å²) < 4.78 is 0. The molecule has 0 fully saturated rings. The van der Waals surface area contributed by atoms with E-state index in [0.717, 1.165) is 0 Å². The van der Waals surface area contributed by atoms with Gasteiger partial charge in [-0.25, -0.2) is 9.59 Å². The molecule has 0 aliphatic carbocycles. The number of urea groups is 1. The van der Waals surface area contributed by atoms with Gasteiger partial charge in [0, 0.05) is 13.6 Å². The highest BCUT2D eigenvalue weighted by molar-refractivity contribution is 5.82. The molecule has 86 valence electrons. The number of amides is 2. The second-order valence-corrected chi connectivity index (χ2v) is 3.01. The highest BCUT2D eigenvalue weighted by Crippen LogP contribution is 1.95. The number of carboxylic acid groups (broad SMARTS) is 1. The Morgan fingerprint density at radius 1 is 1.60 bits per heavy atom. The first-order valence-corrected chi connectivity index (χ1v) is 4.49. The molecule has 0 spiro atoms. The average Bonchev–Trinajstić information content (AvgIpc) is 2.17. The fraction of sp³-hybridized carbons (Fsp3) is 0.556. The van der Waals surface area contributed by atoms with E-state index in [1.807, 2.05) is 0 Å². The van der Waals surface area contributed by atoms with Gasteiger partial charge in [-0.1, -0.05) is 6.08 Å². The zero-order valence-electron chi connectivity index (χ0n) is 8.64. The van der Waals surface area contributed by atoms with Crippen molar-refractivity contribution in [2.45, 2.75) is 12.5 Å². The van der Waals surface area contributed by atoms with Crippen molar-refractivity contribution in [3.05, 3.63) is 12.7 Å². The van der Waals surface area contributed by atoms with Gasteiger partial charge in [-0.05, 0) is 6.42 Å². The second kappa shape index (κ2) is 6.83. The minimum absolute atomic E-state index is 0.159. The number of carbonyl (C=O) groups excluding carboxylic acids is 1. The van der Waals surface area contributed by atoms with Gasteiger partial charge in [-0.2, -0.15) is 0 Å². The number of carbonyl (C=O) groups is 2. The molecule has 0 aliphatic rings. The SMILES string of the molecule is C=CCC(NC(=O)N(C)CCO)C(=O)O. The molecule has 0 bridgehead atoms. The maximum atomic E-state index is 11.3. The van der Waals surface area contributed by atoms with E-state index in [1.165, 1.54) is 18.0 Å².